The van der Waals surface area contributed by atoms with Gasteiger partial charge in [0.15, 0.2) is 11.5 Å². The molecule has 1 aliphatic carbocycles. The van der Waals surface area contributed by atoms with Crippen molar-refractivity contribution in [1.29, 1.82) is 0 Å². The second kappa shape index (κ2) is 18.3. The first-order valence-corrected chi connectivity index (χ1v) is 17.7. The van der Waals surface area contributed by atoms with Crippen LogP contribution in [0.5, 0.6) is 11.5 Å². The standard InChI is InChI=1S/C29H39N3.C13H16O4.Co/c1-18(2)24-16-20(5)12-14-28(24)30-22(7)26-10-9-11-27(32-26)23(8)31-29-15-13-21(6)17-25(29)19(3)4;14-10-7-6-9(8-4-2-1-3-5-8)11(12(10)15)13(16)17;/h9-19,22-23,30-31H,1-8H3;6-8,14-15H,1-5H2,(H,16,17);/q;;+1/p-1. The topological polar surface area (TPSA) is 118 Å². The first-order chi connectivity index (χ1) is 23.3. The molecule has 0 aliphatic heterocycles. The minimum atomic E-state index is -1.43. The van der Waals surface area contributed by atoms with Gasteiger partial charge in [-0.2, -0.15) is 0 Å². The molecule has 0 bridgehead atoms. The molecule has 2 atom stereocenters. The summed E-state index contributed by atoms with van der Waals surface area (Å²) in [6.45, 7) is 17.6. The van der Waals surface area contributed by atoms with E-state index >= 15 is 0 Å². The Hall–Kier alpha value is -4.01. The first-order valence-electron chi connectivity index (χ1n) is 17.7. The predicted molar refractivity (Wildman–Crippen MR) is 199 cm³/mol. The number of carboxylic acids is 1. The first kappa shape index (κ1) is 40.4. The molecule has 8 heteroatoms. The number of rotatable bonds is 10. The van der Waals surface area contributed by atoms with Crippen LogP contribution in [0.4, 0.5) is 11.4 Å². The summed E-state index contributed by atoms with van der Waals surface area (Å²) in [7, 11) is 0. The minimum Gasteiger partial charge on any atom is -0.545 e. The number of benzene rings is 3. The Balaban J connectivity index is 0.000000316. The van der Waals surface area contributed by atoms with Crippen LogP contribution in [0.3, 0.4) is 0 Å². The van der Waals surface area contributed by atoms with Crippen molar-refractivity contribution >= 4 is 17.3 Å². The van der Waals surface area contributed by atoms with Gasteiger partial charge < -0.3 is 30.7 Å². The molecule has 1 heterocycles. The Bertz CT molecular complexity index is 1650. The van der Waals surface area contributed by atoms with Crippen LogP contribution < -0.4 is 15.7 Å². The number of carbonyl (C=O) groups excluding carboxylic acids is 1. The van der Waals surface area contributed by atoms with Crippen molar-refractivity contribution in [3.63, 3.8) is 0 Å². The van der Waals surface area contributed by atoms with Crippen LogP contribution in [0, 0.1) is 13.8 Å². The number of anilines is 2. The zero-order valence-corrected chi connectivity index (χ0v) is 31.8. The molecule has 0 saturated heterocycles. The average molecular weight is 724 g/mol. The molecule has 270 valence electrons. The number of pyridine rings is 1. The number of hydrogen-bond donors (Lipinski definition) is 4. The van der Waals surface area contributed by atoms with Gasteiger partial charge in [0, 0.05) is 16.9 Å². The van der Waals surface area contributed by atoms with Gasteiger partial charge >= 0.3 is 16.8 Å². The number of aromatic carboxylic acids is 1. The Labute approximate surface area is 309 Å². The summed E-state index contributed by atoms with van der Waals surface area (Å²) >= 11 is 0. The molecule has 3 aromatic carbocycles. The van der Waals surface area contributed by atoms with E-state index in [1.165, 1.54) is 46.1 Å². The average Bonchev–Trinajstić information content (AvgIpc) is 3.07. The molecule has 50 heavy (non-hydrogen) atoms. The maximum absolute atomic E-state index is 11.1. The molecule has 1 saturated carbocycles. The van der Waals surface area contributed by atoms with Crippen molar-refractivity contribution in [2.45, 2.75) is 117 Å². The van der Waals surface area contributed by atoms with Gasteiger partial charge in [-0.3, -0.25) is 4.98 Å². The predicted octanol–water partition coefficient (Wildman–Crippen LogP) is 9.80. The summed E-state index contributed by atoms with van der Waals surface area (Å²) in [6.07, 6.45) is 5.15. The van der Waals surface area contributed by atoms with Crippen LogP contribution >= 0.6 is 0 Å². The van der Waals surface area contributed by atoms with Gasteiger partial charge in [0.05, 0.1) is 29.4 Å². The zero-order valence-electron chi connectivity index (χ0n) is 30.8. The molecule has 0 radical (unpaired) electrons. The largest absolute Gasteiger partial charge is 1.00 e. The summed E-state index contributed by atoms with van der Waals surface area (Å²) in [5.41, 5.74) is 10.1. The SMILES string of the molecule is Cc1ccc(NC(C)c2cccc(C(C)Nc3ccc(C)cc3C(C)C)n2)c(C(C)C)c1.O=C([O-])c1c(C2CCCCC2)ccc(O)c1O.[Co+]. The van der Waals surface area contributed by atoms with E-state index in [2.05, 4.69) is 121 Å². The molecule has 7 nitrogen and oxygen atoms in total. The normalized spacial score (nSPS) is 14.3. The number of phenols is 2. The van der Waals surface area contributed by atoms with E-state index in [9.17, 15) is 20.1 Å². The summed E-state index contributed by atoms with van der Waals surface area (Å²) in [4.78, 5) is 16.1. The number of carboxylic acid groups (broad SMARTS) is 1. The molecule has 2 unspecified atom stereocenters. The number of aromatic nitrogens is 1. The number of nitrogens with zero attached hydrogens (tertiary/aromatic N) is 1. The second-order valence-electron chi connectivity index (χ2n) is 14.2. The Kier molecular flexibility index (Phi) is 14.8. The van der Waals surface area contributed by atoms with Crippen LogP contribution in [0.1, 0.15) is 153 Å². The van der Waals surface area contributed by atoms with Crippen molar-refractivity contribution in [3.8, 4) is 11.5 Å². The molecular weight excluding hydrogens is 669 g/mol. The van der Waals surface area contributed by atoms with Crippen molar-refractivity contribution in [2.24, 2.45) is 0 Å². The van der Waals surface area contributed by atoms with E-state index in [0.29, 0.717) is 17.4 Å². The van der Waals surface area contributed by atoms with E-state index in [0.717, 1.165) is 37.1 Å². The fraction of sp³-hybridized carbons (Fsp3) is 0.429. The van der Waals surface area contributed by atoms with Crippen molar-refractivity contribution < 1.29 is 36.9 Å². The van der Waals surface area contributed by atoms with Crippen LogP contribution in [-0.4, -0.2) is 21.2 Å². The Morgan fingerprint density at radius 1 is 0.740 bits per heavy atom. The third kappa shape index (κ3) is 10.3. The minimum absolute atomic E-state index is 0. The summed E-state index contributed by atoms with van der Waals surface area (Å²) in [6, 6.07) is 22.8. The van der Waals surface area contributed by atoms with Crippen LogP contribution in [0.25, 0.3) is 0 Å². The molecule has 1 aromatic heterocycles. The summed E-state index contributed by atoms with van der Waals surface area (Å²) < 4.78 is 0. The van der Waals surface area contributed by atoms with Gasteiger partial charge in [0.1, 0.15) is 0 Å². The number of nitrogens with one attached hydrogen (secondary N) is 2. The van der Waals surface area contributed by atoms with Crippen molar-refractivity contribution in [3.05, 3.63) is 111 Å². The number of phenolic OH excluding ortho intramolecular Hbond substituents is 1. The molecular formula is C42H54CoN3O4. The number of hydrogen-bond acceptors (Lipinski definition) is 7. The fourth-order valence-corrected chi connectivity index (χ4v) is 6.71. The van der Waals surface area contributed by atoms with Gasteiger partial charge in [-0.25, -0.2) is 0 Å². The van der Waals surface area contributed by atoms with E-state index < -0.39 is 17.5 Å². The Morgan fingerprint density at radius 2 is 1.22 bits per heavy atom. The third-order valence-corrected chi connectivity index (χ3v) is 9.52. The van der Waals surface area contributed by atoms with Crippen LogP contribution in [-0.2, 0) is 16.8 Å². The maximum Gasteiger partial charge on any atom is 1.00 e. The summed E-state index contributed by atoms with van der Waals surface area (Å²) in [5, 5.41) is 37.4. The molecule has 4 N–H and O–H groups in total. The molecule has 4 aromatic rings. The smallest absolute Gasteiger partial charge is 0.545 e. The molecule has 5 rings (SSSR count). The number of aryl methyl sites for hydroxylation is 2. The number of carbonyl (C=O) groups is 1. The van der Waals surface area contributed by atoms with Gasteiger partial charge in [0.2, 0.25) is 0 Å². The zero-order chi connectivity index (χ0) is 35.8. The van der Waals surface area contributed by atoms with Crippen LogP contribution in [0.15, 0.2) is 66.7 Å². The fourth-order valence-electron chi connectivity index (χ4n) is 6.71. The second-order valence-corrected chi connectivity index (χ2v) is 14.2. The van der Waals surface area contributed by atoms with Crippen molar-refractivity contribution in [1.82, 2.24) is 4.98 Å². The molecule has 0 spiro atoms. The van der Waals surface area contributed by atoms with E-state index in [4.69, 9.17) is 4.98 Å². The van der Waals surface area contributed by atoms with Gasteiger partial charge in [-0.15, -0.1) is 0 Å². The Morgan fingerprint density at radius 3 is 1.66 bits per heavy atom. The van der Waals surface area contributed by atoms with E-state index in [1.54, 1.807) is 6.07 Å². The monoisotopic (exact) mass is 723 g/mol. The van der Waals surface area contributed by atoms with E-state index in [1.807, 2.05) is 0 Å². The number of aromatic hydroxyl groups is 2. The van der Waals surface area contributed by atoms with E-state index in [-0.39, 0.29) is 40.3 Å². The third-order valence-electron chi connectivity index (χ3n) is 9.52. The molecule has 1 aliphatic rings. The maximum atomic E-state index is 11.1. The van der Waals surface area contributed by atoms with Crippen LogP contribution in [0.2, 0.25) is 0 Å². The van der Waals surface area contributed by atoms with Gasteiger partial charge in [0.25, 0.3) is 0 Å². The van der Waals surface area contributed by atoms with Crippen molar-refractivity contribution in [2.75, 3.05) is 10.6 Å². The summed E-state index contributed by atoms with van der Waals surface area (Å²) in [5.74, 6) is -1.34. The van der Waals surface area contributed by atoms with Gasteiger partial charge in [-0.1, -0.05) is 94.5 Å². The quantitative estimate of drug-likeness (QED) is 0.120. The molecule has 0 amide bonds. The molecule has 1 fully saturated rings. The van der Waals surface area contributed by atoms with Gasteiger partial charge in [-0.05, 0) is 105 Å².